The van der Waals surface area contributed by atoms with Gasteiger partial charge in [0.05, 0.1) is 11.8 Å². The van der Waals surface area contributed by atoms with Gasteiger partial charge < -0.3 is 26.8 Å². The number of aliphatic hydroxyl groups excluding tert-OH is 1. The summed E-state index contributed by atoms with van der Waals surface area (Å²) in [5.41, 5.74) is 14.3. The molecule has 1 fully saturated rings. The molecule has 0 spiro atoms. The molecule has 0 aromatic heterocycles. The average molecular weight is 513 g/mol. The first-order valence-electron chi connectivity index (χ1n) is 12.1. The number of nitrogen functional groups attached to an aromatic ring is 1. The SMILES string of the molecule is CCc1c(N)cccc1C(=O)[C@@H](C(N)c1ccccc1)[C@H](O)C(=O)N1CSC[C@H]1C(=O)NC(C)(C)C. The molecule has 0 radical (unpaired) electrons. The van der Waals surface area contributed by atoms with Crippen LogP contribution in [0.2, 0.25) is 0 Å². The van der Waals surface area contributed by atoms with Gasteiger partial charge in [-0.3, -0.25) is 14.4 Å². The van der Waals surface area contributed by atoms with E-state index in [0.717, 1.165) is 0 Å². The minimum absolute atomic E-state index is 0.234. The van der Waals surface area contributed by atoms with E-state index in [9.17, 15) is 19.5 Å². The van der Waals surface area contributed by atoms with E-state index in [4.69, 9.17) is 11.5 Å². The van der Waals surface area contributed by atoms with Crippen LogP contribution >= 0.6 is 11.8 Å². The Bertz CT molecular complexity index is 1100. The lowest BCUT2D eigenvalue weighted by molar-refractivity contribution is -0.147. The second kappa shape index (κ2) is 11.5. The van der Waals surface area contributed by atoms with Crippen molar-refractivity contribution < 1.29 is 19.5 Å². The molecule has 2 amide bonds. The zero-order chi connectivity index (χ0) is 26.6. The molecule has 194 valence electrons. The molecule has 1 aliphatic heterocycles. The van der Waals surface area contributed by atoms with E-state index in [0.29, 0.717) is 34.6 Å². The van der Waals surface area contributed by atoms with Crippen molar-refractivity contribution in [3.05, 3.63) is 65.2 Å². The van der Waals surface area contributed by atoms with Crippen molar-refractivity contribution in [2.24, 2.45) is 11.7 Å². The summed E-state index contributed by atoms with van der Waals surface area (Å²) in [5.74, 6) is -2.09. The van der Waals surface area contributed by atoms with Gasteiger partial charge in [-0.1, -0.05) is 49.4 Å². The predicted molar refractivity (Wildman–Crippen MR) is 143 cm³/mol. The molecule has 9 heteroatoms. The Hall–Kier alpha value is -2.88. The van der Waals surface area contributed by atoms with Crippen LogP contribution in [-0.4, -0.2) is 56.9 Å². The summed E-state index contributed by atoms with van der Waals surface area (Å²) >= 11 is 1.42. The van der Waals surface area contributed by atoms with Crippen LogP contribution in [0.25, 0.3) is 0 Å². The molecule has 0 aliphatic carbocycles. The summed E-state index contributed by atoms with van der Waals surface area (Å²) in [7, 11) is 0. The molecule has 2 aromatic rings. The van der Waals surface area contributed by atoms with Crippen LogP contribution in [0.1, 0.15) is 55.2 Å². The number of carbonyl (C=O) groups excluding carboxylic acids is 3. The Kier molecular flexibility index (Phi) is 8.81. The summed E-state index contributed by atoms with van der Waals surface area (Å²) in [6, 6.07) is 12.2. The lowest BCUT2D eigenvalue weighted by Crippen LogP contribution is -2.56. The standard InChI is InChI=1S/C27H36N4O4S/c1-5-17-18(12-9-13-19(17)28)23(32)21(22(29)16-10-7-6-8-11-16)24(33)26(35)31-15-36-14-20(31)25(34)30-27(2,3)4/h6-13,20-22,24,33H,5,14-15,28-29H2,1-4H3,(H,30,34)/t20-,21+,22?,24-/m0/s1. The minimum atomic E-state index is -1.75. The Morgan fingerprint density at radius 2 is 1.81 bits per heavy atom. The maximum absolute atomic E-state index is 13.9. The van der Waals surface area contributed by atoms with E-state index in [1.807, 2.05) is 33.8 Å². The first-order chi connectivity index (χ1) is 17.0. The molecular formula is C27H36N4O4S. The number of thioether (sulfide) groups is 1. The van der Waals surface area contributed by atoms with E-state index in [1.54, 1.807) is 42.5 Å². The van der Waals surface area contributed by atoms with E-state index in [1.165, 1.54) is 16.7 Å². The van der Waals surface area contributed by atoms with Crippen LogP contribution in [0.5, 0.6) is 0 Å². The topological polar surface area (TPSA) is 139 Å². The number of Topliss-reactive ketones (excluding diaryl/α,β-unsaturated/α-hetero) is 1. The molecule has 6 N–H and O–H groups in total. The second-order valence-corrected chi connectivity index (χ2v) is 11.1. The highest BCUT2D eigenvalue weighted by molar-refractivity contribution is 7.99. The van der Waals surface area contributed by atoms with E-state index < -0.39 is 41.3 Å². The molecule has 8 nitrogen and oxygen atoms in total. The van der Waals surface area contributed by atoms with Gasteiger partial charge in [-0.2, -0.15) is 0 Å². The molecule has 0 bridgehead atoms. The van der Waals surface area contributed by atoms with Gasteiger partial charge in [0.25, 0.3) is 5.91 Å². The van der Waals surface area contributed by atoms with Crippen molar-refractivity contribution in [2.75, 3.05) is 17.4 Å². The number of aliphatic hydroxyl groups is 1. The fraction of sp³-hybridized carbons (Fsp3) is 0.444. The highest BCUT2D eigenvalue weighted by atomic mass is 32.2. The monoisotopic (exact) mass is 512 g/mol. The maximum atomic E-state index is 13.9. The van der Waals surface area contributed by atoms with Gasteiger partial charge in [0.2, 0.25) is 5.91 Å². The van der Waals surface area contributed by atoms with E-state index in [2.05, 4.69) is 5.32 Å². The number of nitrogens with zero attached hydrogens (tertiary/aromatic N) is 1. The number of rotatable bonds is 8. The largest absolute Gasteiger partial charge is 0.398 e. The number of carbonyl (C=O) groups is 3. The molecule has 4 atom stereocenters. The zero-order valence-corrected chi connectivity index (χ0v) is 22.0. The van der Waals surface area contributed by atoms with Crippen molar-refractivity contribution in [3.8, 4) is 0 Å². The first kappa shape index (κ1) is 27.7. The minimum Gasteiger partial charge on any atom is -0.398 e. The van der Waals surface area contributed by atoms with E-state index >= 15 is 0 Å². The van der Waals surface area contributed by atoms with Gasteiger partial charge >= 0.3 is 0 Å². The molecule has 1 aliphatic rings. The van der Waals surface area contributed by atoms with E-state index in [-0.39, 0.29) is 11.8 Å². The van der Waals surface area contributed by atoms with Crippen molar-refractivity contribution in [3.63, 3.8) is 0 Å². The van der Waals surface area contributed by atoms with Gasteiger partial charge in [0, 0.05) is 28.6 Å². The smallest absolute Gasteiger partial charge is 0.253 e. The molecule has 1 unspecified atom stereocenters. The van der Waals surface area contributed by atoms with Crippen molar-refractivity contribution >= 4 is 35.0 Å². The number of nitrogens with one attached hydrogen (secondary N) is 1. The fourth-order valence-corrected chi connectivity index (χ4v) is 5.61. The van der Waals surface area contributed by atoms with Crippen LogP contribution < -0.4 is 16.8 Å². The molecule has 36 heavy (non-hydrogen) atoms. The lowest BCUT2D eigenvalue weighted by atomic mass is 9.81. The average Bonchev–Trinajstić information content (AvgIpc) is 3.33. The third-order valence-electron chi connectivity index (χ3n) is 6.26. The van der Waals surface area contributed by atoms with Crippen LogP contribution in [0.3, 0.4) is 0 Å². The number of hydrogen-bond donors (Lipinski definition) is 4. The quantitative estimate of drug-likeness (QED) is 0.315. The maximum Gasteiger partial charge on any atom is 0.253 e. The molecule has 0 saturated carbocycles. The molecule has 2 aromatic carbocycles. The Morgan fingerprint density at radius 1 is 1.14 bits per heavy atom. The number of nitrogens with two attached hydrogens (primary N) is 2. The predicted octanol–water partition coefficient (Wildman–Crippen LogP) is 2.51. The van der Waals surface area contributed by atoms with Crippen molar-refractivity contribution in [1.29, 1.82) is 0 Å². The number of ketones is 1. The normalized spacial score (nSPS) is 18.4. The summed E-state index contributed by atoms with van der Waals surface area (Å²) in [5, 5.41) is 14.3. The van der Waals surface area contributed by atoms with Crippen molar-refractivity contribution in [1.82, 2.24) is 10.2 Å². The molecule has 1 saturated heterocycles. The highest BCUT2D eigenvalue weighted by Crippen LogP contribution is 2.32. The second-order valence-electron chi connectivity index (χ2n) is 10.1. The van der Waals surface area contributed by atoms with Gasteiger partial charge in [0.15, 0.2) is 5.78 Å². The number of benzene rings is 2. The Morgan fingerprint density at radius 3 is 2.42 bits per heavy atom. The van der Waals surface area contributed by atoms with Crippen LogP contribution in [0.15, 0.2) is 48.5 Å². The summed E-state index contributed by atoms with van der Waals surface area (Å²) < 4.78 is 0. The number of amides is 2. The number of anilines is 1. The highest BCUT2D eigenvalue weighted by Gasteiger charge is 2.44. The van der Waals surface area contributed by atoms with Crippen LogP contribution in [0.4, 0.5) is 5.69 Å². The summed E-state index contributed by atoms with van der Waals surface area (Å²) in [6.45, 7) is 7.46. The van der Waals surface area contributed by atoms with Gasteiger partial charge in [-0.15, -0.1) is 11.8 Å². The number of hydrogen-bond acceptors (Lipinski definition) is 7. The lowest BCUT2D eigenvalue weighted by Gasteiger charge is -2.33. The first-order valence-corrected chi connectivity index (χ1v) is 13.2. The van der Waals surface area contributed by atoms with Crippen LogP contribution in [-0.2, 0) is 16.0 Å². The van der Waals surface area contributed by atoms with Gasteiger partial charge in [0.1, 0.15) is 12.1 Å². The Labute approximate surface area is 216 Å². The third kappa shape index (κ3) is 6.08. The molecule has 3 rings (SSSR count). The zero-order valence-electron chi connectivity index (χ0n) is 21.2. The van der Waals surface area contributed by atoms with Crippen LogP contribution in [0, 0.1) is 5.92 Å². The van der Waals surface area contributed by atoms with Crippen molar-refractivity contribution in [2.45, 2.75) is 57.8 Å². The van der Waals surface area contributed by atoms with Gasteiger partial charge in [-0.05, 0) is 44.4 Å². The molecular weight excluding hydrogens is 476 g/mol. The van der Waals surface area contributed by atoms with Gasteiger partial charge in [-0.25, -0.2) is 0 Å². The fourth-order valence-electron chi connectivity index (χ4n) is 4.45. The summed E-state index contributed by atoms with van der Waals surface area (Å²) in [4.78, 5) is 41.8. The third-order valence-corrected chi connectivity index (χ3v) is 7.28. The Balaban J connectivity index is 1.98. The summed E-state index contributed by atoms with van der Waals surface area (Å²) in [6.07, 6.45) is -1.24. The molecule has 1 heterocycles.